The van der Waals surface area contributed by atoms with Gasteiger partial charge in [0.1, 0.15) is 5.75 Å². The summed E-state index contributed by atoms with van der Waals surface area (Å²) in [6.45, 7) is 4.46. The van der Waals surface area contributed by atoms with E-state index in [0.717, 1.165) is 29.9 Å². The van der Waals surface area contributed by atoms with Crippen LogP contribution in [0.25, 0.3) is 0 Å². The summed E-state index contributed by atoms with van der Waals surface area (Å²) in [6, 6.07) is 8.29. The first kappa shape index (κ1) is 16.9. The van der Waals surface area contributed by atoms with Crippen molar-refractivity contribution >= 4 is 5.91 Å². The van der Waals surface area contributed by atoms with Crippen LogP contribution < -0.4 is 10.1 Å². The van der Waals surface area contributed by atoms with Crippen LogP contribution in [0.5, 0.6) is 5.75 Å². The van der Waals surface area contributed by atoms with Crippen molar-refractivity contribution in [2.24, 2.45) is 23.2 Å². The second-order valence-corrected chi connectivity index (χ2v) is 8.86. The van der Waals surface area contributed by atoms with Crippen LogP contribution >= 0.6 is 0 Å². The molecular weight excluding hydrogens is 310 g/mol. The van der Waals surface area contributed by atoms with E-state index in [0.29, 0.717) is 5.41 Å². The van der Waals surface area contributed by atoms with Crippen molar-refractivity contribution in [1.82, 2.24) is 5.32 Å². The molecule has 1 N–H and O–H groups in total. The number of ether oxygens (including phenoxy) is 1. The van der Waals surface area contributed by atoms with Crippen LogP contribution in [-0.2, 0) is 11.2 Å². The molecule has 4 aliphatic carbocycles. The molecule has 4 bridgehead atoms. The fourth-order valence-corrected chi connectivity index (χ4v) is 6.15. The average molecular weight is 341 g/mol. The maximum Gasteiger partial charge on any atom is 0.258 e. The van der Waals surface area contributed by atoms with Crippen molar-refractivity contribution < 1.29 is 9.53 Å². The van der Waals surface area contributed by atoms with Gasteiger partial charge in [-0.3, -0.25) is 4.79 Å². The van der Waals surface area contributed by atoms with E-state index in [2.05, 4.69) is 25.2 Å². The van der Waals surface area contributed by atoms with E-state index in [1.807, 2.05) is 18.2 Å². The minimum Gasteiger partial charge on any atom is -0.484 e. The molecule has 1 unspecified atom stereocenters. The number of hydrogen-bond acceptors (Lipinski definition) is 2. The van der Waals surface area contributed by atoms with Crippen molar-refractivity contribution in [3.63, 3.8) is 0 Å². The highest BCUT2D eigenvalue weighted by Crippen LogP contribution is 2.61. The third kappa shape index (κ3) is 3.43. The van der Waals surface area contributed by atoms with Gasteiger partial charge in [0, 0.05) is 6.04 Å². The zero-order valence-electron chi connectivity index (χ0n) is 15.6. The zero-order chi connectivity index (χ0) is 17.4. The van der Waals surface area contributed by atoms with Gasteiger partial charge in [-0.15, -0.1) is 0 Å². The largest absolute Gasteiger partial charge is 0.484 e. The van der Waals surface area contributed by atoms with E-state index in [1.165, 1.54) is 44.1 Å². The molecule has 3 heteroatoms. The maximum atomic E-state index is 12.4. The van der Waals surface area contributed by atoms with Gasteiger partial charge in [0.2, 0.25) is 0 Å². The summed E-state index contributed by atoms with van der Waals surface area (Å²) in [6.07, 6.45) is 9.26. The highest BCUT2D eigenvalue weighted by molar-refractivity contribution is 5.77. The summed E-state index contributed by atoms with van der Waals surface area (Å²) < 4.78 is 5.72. The van der Waals surface area contributed by atoms with E-state index >= 15 is 0 Å². The Labute approximate surface area is 151 Å². The Morgan fingerprint density at radius 3 is 2.44 bits per heavy atom. The third-order valence-electron chi connectivity index (χ3n) is 7.06. The fourth-order valence-electron chi connectivity index (χ4n) is 6.15. The van der Waals surface area contributed by atoms with Crippen molar-refractivity contribution in [3.8, 4) is 5.75 Å². The summed E-state index contributed by atoms with van der Waals surface area (Å²) >= 11 is 0. The molecule has 1 amide bonds. The summed E-state index contributed by atoms with van der Waals surface area (Å²) in [4.78, 5) is 12.4. The summed E-state index contributed by atoms with van der Waals surface area (Å²) in [7, 11) is 0. The SMILES string of the molecule is CCc1cccc(OCC(=O)NC(C)C23CC4CC(CC(C4)C2)C3)c1. The van der Waals surface area contributed by atoms with Crippen molar-refractivity contribution in [1.29, 1.82) is 0 Å². The zero-order valence-corrected chi connectivity index (χ0v) is 15.6. The number of amides is 1. The number of rotatable bonds is 6. The lowest BCUT2D eigenvalue weighted by Gasteiger charge is -2.59. The topological polar surface area (TPSA) is 38.3 Å². The molecule has 136 valence electrons. The molecule has 4 saturated carbocycles. The Balaban J connectivity index is 1.33. The molecule has 0 aromatic heterocycles. The van der Waals surface area contributed by atoms with Gasteiger partial charge < -0.3 is 10.1 Å². The van der Waals surface area contributed by atoms with Crippen LogP contribution in [0.4, 0.5) is 0 Å². The molecule has 0 heterocycles. The summed E-state index contributed by atoms with van der Waals surface area (Å²) in [5, 5.41) is 3.27. The monoisotopic (exact) mass is 341 g/mol. The minimum atomic E-state index is 0.0187. The van der Waals surface area contributed by atoms with Gasteiger partial charge >= 0.3 is 0 Å². The highest BCUT2D eigenvalue weighted by Gasteiger charge is 2.53. The summed E-state index contributed by atoms with van der Waals surface area (Å²) in [5.41, 5.74) is 1.59. The molecule has 0 radical (unpaired) electrons. The fraction of sp³-hybridized carbons (Fsp3) is 0.682. The number of carbonyl (C=O) groups excluding carboxylic acids is 1. The van der Waals surface area contributed by atoms with Crippen LogP contribution in [0.15, 0.2) is 24.3 Å². The van der Waals surface area contributed by atoms with E-state index in [1.54, 1.807) is 0 Å². The number of nitrogens with one attached hydrogen (secondary N) is 1. The predicted molar refractivity (Wildman–Crippen MR) is 99.5 cm³/mol. The lowest BCUT2D eigenvalue weighted by Crippen LogP contribution is -2.56. The smallest absolute Gasteiger partial charge is 0.258 e. The third-order valence-corrected chi connectivity index (χ3v) is 7.06. The molecule has 1 atom stereocenters. The van der Waals surface area contributed by atoms with Gasteiger partial charge in [-0.25, -0.2) is 0 Å². The minimum absolute atomic E-state index is 0.0187. The number of hydrogen-bond donors (Lipinski definition) is 1. The molecule has 3 nitrogen and oxygen atoms in total. The number of benzene rings is 1. The van der Waals surface area contributed by atoms with Crippen LogP contribution in [0.1, 0.15) is 57.9 Å². The van der Waals surface area contributed by atoms with E-state index in [4.69, 9.17) is 4.74 Å². The van der Waals surface area contributed by atoms with Gasteiger partial charge in [0.25, 0.3) is 5.91 Å². The predicted octanol–water partition coefficient (Wildman–Crippen LogP) is 4.35. The van der Waals surface area contributed by atoms with Crippen LogP contribution in [-0.4, -0.2) is 18.6 Å². The molecule has 0 spiro atoms. The molecule has 1 aromatic rings. The molecule has 4 aliphatic rings. The molecule has 25 heavy (non-hydrogen) atoms. The van der Waals surface area contributed by atoms with Gasteiger partial charge in [-0.05, 0) is 92.7 Å². The number of carbonyl (C=O) groups is 1. The van der Waals surface area contributed by atoms with Crippen molar-refractivity contribution in [2.45, 2.75) is 64.8 Å². The molecule has 1 aromatic carbocycles. The Morgan fingerprint density at radius 1 is 1.20 bits per heavy atom. The van der Waals surface area contributed by atoms with Crippen LogP contribution in [0, 0.1) is 23.2 Å². The first-order valence-electron chi connectivity index (χ1n) is 10.1. The second-order valence-electron chi connectivity index (χ2n) is 8.86. The molecular formula is C22H31NO2. The van der Waals surface area contributed by atoms with Gasteiger partial charge in [-0.2, -0.15) is 0 Å². The Bertz CT molecular complexity index is 603. The quantitative estimate of drug-likeness (QED) is 0.835. The average Bonchev–Trinajstić information content (AvgIpc) is 2.59. The molecule has 0 saturated heterocycles. The van der Waals surface area contributed by atoms with Crippen LogP contribution in [0.3, 0.4) is 0 Å². The summed E-state index contributed by atoms with van der Waals surface area (Å²) in [5.74, 6) is 3.55. The van der Waals surface area contributed by atoms with Gasteiger partial charge in [-0.1, -0.05) is 19.1 Å². The molecule has 0 aliphatic heterocycles. The van der Waals surface area contributed by atoms with E-state index < -0.39 is 0 Å². The Morgan fingerprint density at radius 2 is 1.84 bits per heavy atom. The first-order valence-corrected chi connectivity index (χ1v) is 10.1. The first-order chi connectivity index (χ1) is 12.1. The Kier molecular flexibility index (Phi) is 4.51. The molecule has 4 fully saturated rings. The lowest BCUT2D eigenvalue weighted by atomic mass is 9.48. The lowest BCUT2D eigenvalue weighted by molar-refractivity contribution is -0.127. The van der Waals surface area contributed by atoms with Gasteiger partial charge in [0.05, 0.1) is 0 Å². The second kappa shape index (κ2) is 6.66. The van der Waals surface area contributed by atoms with Crippen LogP contribution in [0.2, 0.25) is 0 Å². The van der Waals surface area contributed by atoms with Gasteiger partial charge in [0.15, 0.2) is 6.61 Å². The normalized spacial score (nSPS) is 33.9. The van der Waals surface area contributed by atoms with E-state index in [-0.39, 0.29) is 18.6 Å². The number of aryl methyl sites for hydroxylation is 1. The standard InChI is InChI=1S/C22H31NO2/c1-3-16-5-4-6-20(10-16)25-14-21(24)23-15(2)22-11-17-7-18(12-22)9-19(8-17)13-22/h4-6,10,15,17-19H,3,7-9,11-14H2,1-2H3,(H,23,24). The highest BCUT2D eigenvalue weighted by atomic mass is 16.5. The Hall–Kier alpha value is -1.51. The molecule has 5 rings (SSSR count). The van der Waals surface area contributed by atoms with Crippen molar-refractivity contribution in [2.75, 3.05) is 6.61 Å². The maximum absolute atomic E-state index is 12.4. The van der Waals surface area contributed by atoms with E-state index in [9.17, 15) is 4.79 Å². The van der Waals surface area contributed by atoms with Crippen molar-refractivity contribution in [3.05, 3.63) is 29.8 Å².